The van der Waals surface area contributed by atoms with Crippen molar-refractivity contribution in [2.24, 2.45) is 0 Å². The van der Waals surface area contributed by atoms with Crippen molar-refractivity contribution in [2.45, 2.75) is 28.6 Å². The fourth-order valence-electron chi connectivity index (χ4n) is 0. The summed E-state index contributed by atoms with van der Waals surface area (Å²) in [6.45, 7) is 4.00. The highest BCUT2D eigenvalue weighted by molar-refractivity contribution is 3.50. The lowest BCUT2D eigenvalue weighted by molar-refractivity contribution is 1.50. The van der Waals surface area contributed by atoms with E-state index in [1.807, 2.05) is 13.8 Å². The maximum atomic E-state index is 5.88. The minimum absolute atomic E-state index is 0.250. The Morgan fingerprint density at radius 2 is 1.50 bits per heavy atom. The summed E-state index contributed by atoms with van der Waals surface area (Å²) in [5.41, 5.74) is 0. The molecule has 0 heterocycles. The van der Waals surface area contributed by atoms with Gasteiger partial charge < -0.3 is 0 Å². The van der Waals surface area contributed by atoms with Crippen LogP contribution in [0.25, 0.3) is 0 Å². The Kier molecular flexibility index (Phi) is 0. The molecule has 30 valence electrons. The molecule has 0 aromatic rings. The van der Waals surface area contributed by atoms with E-state index in [-0.39, 0.29) is 14.8 Å². The fraction of sp³-hybridized carbons (Fsp3) is 1.00. The van der Waals surface area contributed by atoms with E-state index in [9.17, 15) is 0 Å². The maximum Gasteiger partial charge on any atom is 0.0194 e. The van der Waals surface area contributed by atoms with Gasteiger partial charge in [0.25, 0.3) is 0 Å². The van der Waals surface area contributed by atoms with Gasteiger partial charge >= 0.3 is 0 Å². The van der Waals surface area contributed by atoms with Crippen LogP contribution in [0, 0.1) is 0 Å². The van der Waals surface area contributed by atoms with Gasteiger partial charge in [0.05, 0.1) is 0 Å². The molecule has 0 saturated carbocycles. The molecule has 0 atom stereocenters. The third-order valence-electron chi connectivity index (χ3n) is 0. The molecule has 0 fully saturated rings. The Labute approximate surface area is 35.5 Å². The van der Waals surface area contributed by atoms with E-state index in [0.29, 0.717) is 0 Å². The summed E-state index contributed by atoms with van der Waals surface area (Å²) in [6.07, 6.45) is 0. The van der Waals surface area contributed by atoms with Gasteiger partial charge in [0, 0.05) is 5.48 Å². The molecular formula is C4H14. The zero-order valence-electron chi connectivity index (χ0n) is 7.41. The average Bonchev–Trinajstić information content (AvgIpc) is 1.75. The lowest BCUT2D eigenvalue weighted by Gasteiger charge is -1.07. The van der Waals surface area contributed by atoms with Gasteiger partial charge in [-0.05, 0) is 0 Å². The van der Waals surface area contributed by atoms with Crippen molar-refractivity contribution >= 4 is 0 Å². The Bertz CT molecular complexity index is 10.0. The van der Waals surface area contributed by atoms with E-state index in [1.54, 1.807) is 0 Å². The van der Waals surface area contributed by atoms with Crippen LogP contribution in [0.1, 0.15) is 34.1 Å². The lowest BCUT2D eigenvalue weighted by atomic mass is 11.0. The molecular weight excluding hydrogens is 48.0 g/mol. The van der Waals surface area contributed by atoms with Crippen molar-refractivity contribution in [2.75, 3.05) is 0 Å². The molecule has 0 aromatic heterocycles. The number of hydrogen-bond acceptors (Lipinski definition) is 0. The number of hydrogen-bond donors (Lipinski definition) is 0. The van der Waals surface area contributed by atoms with Crippen molar-refractivity contribution in [3.05, 3.63) is 0 Å². The minimum Gasteiger partial charge on any atom is -0.0776 e. The summed E-state index contributed by atoms with van der Waals surface area (Å²) in [6, 6.07) is 0. The second kappa shape index (κ2) is 0. The van der Waals surface area contributed by atoms with E-state index in [4.69, 9.17) is 5.48 Å². The fourth-order valence-corrected chi connectivity index (χ4v) is 0. The first-order chi connectivity index (χ1) is 3.83. The summed E-state index contributed by atoms with van der Waals surface area (Å²) < 4.78 is 23.5. The van der Waals surface area contributed by atoms with E-state index >= 15 is 0 Å². The van der Waals surface area contributed by atoms with Gasteiger partial charge in [-0.2, -0.15) is 0 Å². The summed E-state index contributed by atoms with van der Waals surface area (Å²) in [5.74, 6) is 0. The second-order valence-corrected chi connectivity index (χ2v) is 0. The molecule has 0 bridgehead atoms. The third kappa shape index (κ3) is 0. The van der Waals surface area contributed by atoms with Crippen molar-refractivity contribution < 1.29 is 5.48 Å². The Morgan fingerprint density at radius 1 is 1.50 bits per heavy atom. The van der Waals surface area contributed by atoms with Gasteiger partial charge in [-0.15, -0.1) is 0 Å². The molecule has 0 aliphatic rings. The quantitative estimate of drug-likeness (QED) is 0.410. The molecule has 0 unspecified atom stereocenters. The highest BCUT2D eigenvalue weighted by Crippen LogP contribution is 1.14. The summed E-state index contributed by atoms with van der Waals surface area (Å²) in [7, 11) is -0.500. The predicted molar refractivity (Wildman–Crippen MR) is 24.8 cm³/mol. The first kappa shape index (κ1) is 1.44. The van der Waals surface area contributed by atoms with E-state index in [2.05, 4.69) is 0 Å². The van der Waals surface area contributed by atoms with Crippen LogP contribution in [-0.2, 0) is 0 Å². The predicted octanol–water partition coefficient (Wildman–Crippen LogP) is 2.30. The van der Waals surface area contributed by atoms with Crippen molar-refractivity contribution in [1.29, 1.82) is 0 Å². The molecule has 0 spiro atoms. The van der Waals surface area contributed by atoms with Gasteiger partial charge in [-0.3, -0.25) is 0 Å². The Morgan fingerprint density at radius 3 is 1.50 bits per heavy atom. The zero-order chi connectivity index (χ0) is 7.41. The van der Waals surface area contributed by atoms with Crippen molar-refractivity contribution in [1.82, 2.24) is 0 Å². The van der Waals surface area contributed by atoms with Crippen LogP contribution < -0.4 is 0 Å². The van der Waals surface area contributed by atoms with E-state index in [0.717, 1.165) is 0 Å². The van der Waals surface area contributed by atoms with Gasteiger partial charge in [-0.1, -0.05) is 28.6 Å². The molecule has 0 aliphatic carbocycles. The van der Waals surface area contributed by atoms with Gasteiger partial charge in [0.1, 0.15) is 0 Å². The van der Waals surface area contributed by atoms with Crippen LogP contribution in [0.4, 0.5) is 0 Å². The third-order valence-corrected chi connectivity index (χ3v) is 0. The topological polar surface area (TPSA) is 0 Å². The molecule has 0 aromatic carbocycles. The summed E-state index contributed by atoms with van der Waals surface area (Å²) in [4.78, 5) is 0. The summed E-state index contributed by atoms with van der Waals surface area (Å²) >= 11 is 0. The normalized spacial score (nSPS) is 11.5. The standard InChI is InChI=1S/C2H6.2CH4/c1-2;;/h1-2H3;2*1H4/i;2*1T2. The molecule has 0 saturated heterocycles. The SMILES string of the molecule is CC.[3H]C[3H].[3H]C[3H]. The summed E-state index contributed by atoms with van der Waals surface area (Å²) in [5, 5.41) is 0. The van der Waals surface area contributed by atoms with Crippen LogP contribution in [0.15, 0.2) is 0 Å². The molecule has 4 heavy (non-hydrogen) atoms. The van der Waals surface area contributed by atoms with Gasteiger partial charge in [-0.25, -0.2) is 0 Å². The molecule has 0 rings (SSSR count). The first-order valence-electron chi connectivity index (χ1n) is 3.83. The van der Waals surface area contributed by atoms with Gasteiger partial charge in [0.2, 0.25) is 0 Å². The average molecular weight is 70.2 g/mol. The van der Waals surface area contributed by atoms with Crippen LogP contribution in [-0.4, -0.2) is 0 Å². The highest BCUT2D eigenvalue weighted by Gasteiger charge is 0.932. The maximum absolute atomic E-state index is 5.88. The van der Waals surface area contributed by atoms with Crippen LogP contribution in [0.2, 0.25) is 0 Å². The Hall–Kier alpha value is 0. The lowest BCUT2D eigenvalue weighted by Crippen LogP contribution is -0.856. The number of rotatable bonds is 0. The molecule has 0 radical (unpaired) electrons. The van der Waals surface area contributed by atoms with E-state index in [1.165, 1.54) is 0 Å². The smallest absolute Gasteiger partial charge is 0.0194 e. The Balaban J connectivity index is -0.0000000483. The monoisotopic (exact) mass is 70.1 g/mol. The highest BCUT2D eigenvalue weighted by atomic mass is 13.0. The molecule has 0 heteroatoms. The molecule has 0 amide bonds. The first-order valence-corrected chi connectivity index (χ1v) is 1.00. The minimum atomic E-state index is -0.250. The van der Waals surface area contributed by atoms with E-state index < -0.39 is 0 Å². The molecule has 0 nitrogen and oxygen atoms in total. The zero-order valence-corrected chi connectivity index (χ0v) is 3.41. The second-order valence-electron chi connectivity index (χ2n) is 0. The van der Waals surface area contributed by atoms with Crippen LogP contribution in [0.5, 0.6) is 0 Å². The van der Waals surface area contributed by atoms with Crippen molar-refractivity contribution in [3.63, 3.8) is 0 Å². The van der Waals surface area contributed by atoms with Gasteiger partial charge in [0.15, 0.2) is 0 Å². The van der Waals surface area contributed by atoms with Crippen LogP contribution in [0.3, 0.4) is 0 Å². The van der Waals surface area contributed by atoms with Crippen LogP contribution >= 0.6 is 0 Å². The van der Waals surface area contributed by atoms with Crippen molar-refractivity contribution in [3.8, 4) is 0 Å². The molecule has 0 aliphatic heterocycles. The largest absolute Gasteiger partial charge is 0.0776 e. The molecule has 0 N–H and O–H groups in total.